The Hall–Kier alpha value is -0.340. The second-order valence-electron chi connectivity index (χ2n) is 3.60. The maximum absolute atomic E-state index is 5.50. The zero-order valence-electron chi connectivity index (χ0n) is 8.71. The average Bonchev–Trinajstić information content (AvgIpc) is 2.53. The molecule has 1 aliphatic rings. The molecule has 2 heteroatoms. The quantitative estimate of drug-likeness (QED) is 0.483. The van der Waals surface area contributed by atoms with E-state index in [-0.39, 0.29) is 5.79 Å². The summed E-state index contributed by atoms with van der Waals surface area (Å²) in [6.45, 7) is 5.69. The first-order chi connectivity index (χ1) is 6.27. The van der Waals surface area contributed by atoms with Crippen LogP contribution in [-0.2, 0) is 9.47 Å². The molecule has 1 fully saturated rings. The Morgan fingerprint density at radius 1 is 1.23 bits per heavy atom. The number of rotatable bonds is 5. The molecule has 0 aromatic rings. The van der Waals surface area contributed by atoms with Crippen LogP contribution in [0.5, 0.6) is 0 Å². The molecule has 0 atom stereocenters. The molecule has 1 saturated heterocycles. The summed E-state index contributed by atoms with van der Waals surface area (Å²) < 4.78 is 11.0. The van der Waals surface area contributed by atoms with Crippen molar-refractivity contribution < 1.29 is 9.47 Å². The van der Waals surface area contributed by atoms with Crippen LogP contribution in [0.25, 0.3) is 0 Å². The first-order valence-electron chi connectivity index (χ1n) is 5.20. The second-order valence-corrected chi connectivity index (χ2v) is 3.60. The van der Waals surface area contributed by atoms with Crippen molar-refractivity contribution in [3.63, 3.8) is 0 Å². The van der Waals surface area contributed by atoms with Gasteiger partial charge in [0, 0.05) is 6.42 Å². The van der Waals surface area contributed by atoms with Crippen molar-refractivity contribution in [1.82, 2.24) is 0 Å². The van der Waals surface area contributed by atoms with Crippen molar-refractivity contribution in [2.24, 2.45) is 0 Å². The van der Waals surface area contributed by atoms with Crippen molar-refractivity contribution in [1.29, 1.82) is 0 Å². The van der Waals surface area contributed by atoms with E-state index in [1.54, 1.807) is 0 Å². The lowest BCUT2D eigenvalue weighted by Crippen LogP contribution is -2.24. The van der Waals surface area contributed by atoms with E-state index in [9.17, 15) is 0 Å². The number of ether oxygens (including phenoxy) is 2. The smallest absolute Gasteiger partial charge is 0.165 e. The van der Waals surface area contributed by atoms with Crippen molar-refractivity contribution in [2.45, 2.75) is 45.3 Å². The van der Waals surface area contributed by atoms with Gasteiger partial charge < -0.3 is 9.47 Å². The van der Waals surface area contributed by atoms with E-state index in [1.807, 2.05) is 6.92 Å². The van der Waals surface area contributed by atoms with Crippen LogP contribution >= 0.6 is 0 Å². The Morgan fingerprint density at radius 2 is 1.92 bits per heavy atom. The molecule has 13 heavy (non-hydrogen) atoms. The van der Waals surface area contributed by atoms with Gasteiger partial charge in [0.15, 0.2) is 5.79 Å². The molecule has 0 aliphatic carbocycles. The number of hydrogen-bond acceptors (Lipinski definition) is 2. The van der Waals surface area contributed by atoms with Crippen LogP contribution in [0.1, 0.15) is 39.5 Å². The molecule has 2 nitrogen and oxygen atoms in total. The number of unbranched alkanes of at least 4 members (excludes halogenated alkanes) is 1. The topological polar surface area (TPSA) is 18.5 Å². The summed E-state index contributed by atoms with van der Waals surface area (Å²) in [6.07, 6.45) is 8.85. The first kappa shape index (κ1) is 10.7. The predicted octanol–water partition coefficient (Wildman–Crippen LogP) is 2.89. The van der Waals surface area contributed by atoms with E-state index in [0.29, 0.717) is 0 Å². The van der Waals surface area contributed by atoms with Gasteiger partial charge in [0.1, 0.15) is 0 Å². The summed E-state index contributed by atoms with van der Waals surface area (Å²) in [5.41, 5.74) is 0. The van der Waals surface area contributed by atoms with Crippen LogP contribution in [-0.4, -0.2) is 19.0 Å². The van der Waals surface area contributed by atoms with Crippen molar-refractivity contribution in [3.05, 3.63) is 12.2 Å². The molecule has 0 radical (unpaired) electrons. The highest BCUT2D eigenvalue weighted by Gasteiger charge is 2.29. The van der Waals surface area contributed by atoms with Crippen LogP contribution in [0.4, 0.5) is 0 Å². The minimum absolute atomic E-state index is 0.292. The molecule has 76 valence electrons. The van der Waals surface area contributed by atoms with E-state index in [0.717, 1.165) is 38.9 Å². The summed E-state index contributed by atoms with van der Waals surface area (Å²) in [6, 6.07) is 0. The highest BCUT2D eigenvalue weighted by Crippen LogP contribution is 2.24. The third-order valence-corrected chi connectivity index (χ3v) is 2.30. The number of allylic oxidation sites excluding steroid dienone is 2. The normalized spacial score (nSPS) is 21.4. The summed E-state index contributed by atoms with van der Waals surface area (Å²) in [7, 11) is 0. The van der Waals surface area contributed by atoms with Gasteiger partial charge in [-0.15, -0.1) is 0 Å². The minimum Gasteiger partial charge on any atom is -0.348 e. The molecule has 0 spiro atoms. The van der Waals surface area contributed by atoms with Crippen LogP contribution in [0, 0.1) is 0 Å². The SMILES string of the molecule is CC/C=C/CCCC1(C)OCCO1. The maximum atomic E-state index is 5.50. The Labute approximate surface area is 80.9 Å². The monoisotopic (exact) mass is 184 g/mol. The van der Waals surface area contributed by atoms with Gasteiger partial charge in [-0.3, -0.25) is 0 Å². The van der Waals surface area contributed by atoms with Crippen LogP contribution in [0.2, 0.25) is 0 Å². The van der Waals surface area contributed by atoms with Crippen LogP contribution < -0.4 is 0 Å². The lowest BCUT2D eigenvalue weighted by atomic mass is 10.1. The lowest BCUT2D eigenvalue weighted by Gasteiger charge is -2.21. The highest BCUT2D eigenvalue weighted by atomic mass is 16.7. The third-order valence-electron chi connectivity index (χ3n) is 2.30. The highest BCUT2D eigenvalue weighted by molar-refractivity contribution is 4.81. The van der Waals surface area contributed by atoms with Gasteiger partial charge in [-0.05, 0) is 26.2 Å². The van der Waals surface area contributed by atoms with E-state index in [4.69, 9.17) is 9.47 Å². The van der Waals surface area contributed by atoms with Crippen molar-refractivity contribution >= 4 is 0 Å². The molecule has 0 saturated carbocycles. The zero-order chi connectivity index (χ0) is 9.57. The fraction of sp³-hybridized carbons (Fsp3) is 0.818. The Morgan fingerprint density at radius 3 is 2.54 bits per heavy atom. The summed E-state index contributed by atoms with van der Waals surface area (Å²) in [4.78, 5) is 0. The zero-order valence-corrected chi connectivity index (χ0v) is 8.71. The molecule has 1 rings (SSSR count). The average molecular weight is 184 g/mol. The Balaban J connectivity index is 2.07. The van der Waals surface area contributed by atoms with Gasteiger partial charge in [-0.25, -0.2) is 0 Å². The van der Waals surface area contributed by atoms with E-state index < -0.39 is 0 Å². The van der Waals surface area contributed by atoms with E-state index in [1.165, 1.54) is 0 Å². The summed E-state index contributed by atoms with van der Waals surface area (Å²) in [5, 5.41) is 0. The summed E-state index contributed by atoms with van der Waals surface area (Å²) in [5.74, 6) is -0.292. The van der Waals surface area contributed by atoms with E-state index in [2.05, 4.69) is 19.1 Å². The first-order valence-corrected chi connectivity index (χ1v) is 5.20. The van der Waals surface area contributed by atoms with Gasteiger partial charge >= 0.3 is 0 Å². The molecular formula is C11H20O2. The molecule has 1 heterocycles. The van der Waals surface area contributed by atoms with Gasteiger partial charge in [0.2, 0.25) is 0 Å². The molecule has 0 bridgehead atoms. The number of hydrogen-bond donors (Lipinski definition) is 0. The molecule has 0 aromatic heterocycles. The van der Waals surface area contributed by atoms with Crippen LogP contribution in [0.3, 0.4) is 0 Å². The molecule has 0 amide bonds. The van der Waals surface area contributed by atoms with Crippen molar-refractivity contribution in [3.8, 4) is 0 Å². The largest absolute Gasteiger partial charge is 0.348 e. The van der Waals surface area contributed by atoms with Crippen LogP contribution in [0.15, 0.2) is 12.2 Å². The van der Waals surface area contributed by atoms with Crippen molar-refractivity contribution in [2.75, 3.05) is 13.2 Å². The predicted molar refractivity (Wildman–Crippen MR) is 53.6 cm³/mol. The molecular weight excluding hydrogens is 164 g/mol. The fourth-order valence-electron chi connectivity index (χ4n) is 1.53. The maximum Gasteiger partial charge on any atom is 0.165 e. The molecule has 0 N–H and O–H groups in total. The Kier molecular flexibility index (Phi) is 4.46. The fourth-order valence-corrected chi connectivity index (χ4v) is 1.53. The third kappa shape index (κ3) is 3.92. The van der Waals surface area contributed by atoms with Gasteiger partial charge in [0.05, 0.1) is 13.2 Å². The molecule has 0 aromatic carbocycles. The summed E-state index contributed by atoms with van der Waals surface area (Å²) >= 11 is 0. The van der Waals surface area contributed by atoms with Gasteiger partial charge in [-0.1, -0.05) is 19.1 Å². The molecule has 0 unspecified atom stereocenters. The van der Waals surface area contributed by atoms with Gasteiger partial charge in [-0.2, -0.15) is 0 Å². The minimum atomic E-state index is -0.292. The molecule has 1 aliphatic heterocycles. The standard InChI is InChI=1S/C11H20O2/c1-3-4-5-6-7-8-11(2)12-9-10-13-11/h4-5H,3,6-10H2,1-2H3/b5-4+. The van der Waals surface area contributed by atoms with E-state index >= 15 is 0 Å². The Bertz CT molecular complexity index is 157. The second kappa shape index (κ2) is 5.40. The van der Waals surface area contributed by atoms with Gasteiger partial charge in [0.25, 0.3) is 0 Å². The lowest BCUT2D eigenvalue weighted by molar-refractivity contribution is -0.147.